The van der Waals surface area contributed by atoms with Crippen LogP contribution in [-0.2, 0) is 4.79 Å². The maximum Gasteiger partial charge on any atom is 0.234 e. The molecule has 3 aromatic rings. The fourth-order valence-corrected chi connectivity index (χ4v) is 3.18. The summed E-state index contributed by atoms with van der Waals surface area (Å²) in [7, 11) is 1.59. The maximum absolute atomic E-state index is 12.2. The molecule has 0 bridgehead atoms. The van der Waals surface area contributed by atoms with Crippen molar-refractivity contribution in [2.24, 2.45) is 0 Å². The van der Waals surface area contributed by atoms with Crippen LogP contribution >= 0.6 is 11.8 Å². The highest BCUT2D eigenvalue weighted by atomic mass is 32.2. The number of rotatable bonds is 5. The van der Waals surface area contributed by atoms with E-state index in [9.17, 15) is 10.1 Å². The minimum atomic E-state index is -0.139. The van der Waals surface area contributed by atoms with E-state index in [1.54, 1.807) is 13.2 Å². The number of thioether (sulfide) groups is 1. The van der Waals surface area contributed by atoms with Crippen molar-refractivity contribution in [2.45, 2.75) is 11.9 Å². The molecular weight excluding hydrogens is 346 g/mol. The number of benzene rings is 2. The highest BCUT2D eigenvalue weighted by Gasteiger charge is 2.11. The summed E-state index contributed by atoms with van der Waals surface area (Å²) in [5.41, 5.74) is 3.08. The van der Waals surface area contributed by atoms with Gasteiger partial charge in [0.1, 0.15) is 16.8 Å². The second-order valence-electron chi connectivity index (χ2n) is 5.71. The van der Waals surface area contributed by atoms with E-state index in [0.717, 1.165) is 22.2 Å². The lowest BCUT2D eigenvalue weighted by Gasteiger charge is -2.08. The molecule has 2 aromatic carbocycles. The first kappa shape index (κ1) is 17.8. The van der Waals surface area contributed by atoms with Gasteiger partial charge in [0.25, 0.3) is 0 Å². The van der Waals surface area contributed by atoms with E-state index in [4.69, 9.17) is 4.74 Å². The molecule has 5 nitrogen and oxygen atoms in total. The summed E-state index contributed by atoms with van der Waals surface area (Å²) in [6.45, 7) is 1.99. The second-order valence-corrected chi connectivity index (χ2v) is 6.68. The summed E-state index contributed by atoms with van der Waals surface area (Å²) in [6.07, 6.45) is 0. The van der Waals surface area contributed by atoms with Crippen molar-refractivity contribution in [3.05, 3.63) is 59.7 Å². The van der Waals surface area contributed by atoms with Crippen molar-refractivity contribution in [1.82, 2.24) is 4.98 Å². The second kappa shape index (κ2) is 7.89. The molecule has 3 rings (SSSR count). The van der Waals surface area contributed by atoms with E-state index in [0.29, 0.717) is 16.3 Å². The maximum atomic E-state index is 12.2. The van der Waals surface area contributed by atoms with Gasteiger partial charge in [0.05, 0.1) is 23.9 Å². The van der Waals surface area contributed by atoms with Gasteiger partial charge in [0.15, 0.2) is 0 Å². The van der Waals surface area contributed by atoms with Gasteiger partial charge in [-0.2, -0.15) is 5.26 Å². The monoisotopic (exact) mass is 363 g/mol. The third kappa shape index (κ3) is 4.13. The number of fused-ring (bicyclic) bond motifs is 1. The summed E-state index contributed by atoms with van der Waals surface area (Å²) >= 11 is 1.25. The quantitative estimate of drug-likeness (QED) is 0.689. The van der Waals surface area contributed by atoms with Crippen LogP contribution in [0.3, 0.4) is 0 Å². The van der Waals surface area contributed by atoms with Crippen LogP contribution in [0.4, 0.5) is 5.69 Å². The van der Waals surface area contributed by atoms with Gasteiger partial charge >= 0.3 is 0 Å². The number of carbonyl (C=O) groups excluding carboxylic acids is 1. The average molecular weight is 363 g/mol. The van der Waals surface area contributed by atoms with E-state index < -0.39 is 0 Å². The molecule has 0 aliphatic rings. The standard InChI is InChI=1S/C20H17N3O2S/c1-13-3-5-16(6-4-13)22-19(24)12-26-20-15(11-21)9-14-10-17(25-2)7-8-18(14)23-20/h3-10H,12H2,1-2H3,(H,22,24). The van der Waals surface area contributed by atoms with E-state index in [1.807, 2.05) is 49.4 Å². The summed E-state index contributed by atoms with van der Waals surface area (Å²) in [5.74, 6) is 0.748. The van der Waals surface area contributed by atoms with Crippen LogP contribution in [-0.4, -0.2) is 23.8 Å². The van der Waals surface area contributed by atoms with Crippen molar-refractivity contribution < 1.29 is 9.53 Å². The zero-order valence-corrected chi connectivity index (χ0v) is 15.3. The third-order valence-electron chi connectivity index (χ3n) is 3.78. The number of anilines is 1. The lowest BCUT2D eigenvalue weighted by molar-refractivity contribution is -0.113. The Hall–Kier alpha value is -3.04. The fraction of sp³-hybridized carbons (Fsp3) is 0.150. The van der Waals surface area contributed by atoms with Crippen LogP contribution in [0.1, 0.15) is 11.1 Å². The first-order chi connectivity index (χ1) is 12.6. The Balaban J connectivity index is 1.74. The van der Waals surface area contributed by atoms with Gasteiger partial charge in [0, 0.05) is 11.1 Å². The summed E-state index contributed by atoms with van der Waals surface area (Å²) in [6, 6.07) is 17.0. The Bertz CT molecular complexity index is 994. The number of hydrogen-bond acceptors (Lipinski definition) is 5. The van der Waals surface area contributed by atoms with Crippen LogP contribution in [0, 0.1) is 18.3 Å². The van der Waals surface area contributed by atoms with E-state index in [1.165, 1.54) is 11.8 Å². The minimum Gasteiger partial charge on any atom is -0.497 e. The number of hydrogen-bond donors (Lipinski definition) is 1. The van der Waals surface area contributed by atoms with Gasteiger partial charge in [-0.25, -0.2) is 4.98 Å². The number of methoxy groups -OCH3 is 1. The molecule has 0 aliphatic carbocycles. The summed E-state index contributed by atoms with van der Waals surface area (Å²) in [5, 5.41) is 13.6. The van der Waals surface area contributed by atoms with Crippen LogP contribution in [0.15, 0.2) is 53.6 Å². The van der Waals surface area contributed by atoms with Crippen molar-refractivity contribution in [1.29, 1.82) is 5.26 Å². The van der Waals surface area contributed by atoms with Gasteiger partial charge in [-0.3, -0.25) is 4.79 Å². The molecule has 6 heteroatoms. The van der Waals surface area contributed by atoms with E-state index in [2.05, 4.69) is 16.4 Å². The number of nitrogens with zero attached hydrogens (tertiary/aromatic N) is 2. The van der Waals surface area contributed by atoms with Crippen LogP contribution in [0.25, 0.3) is 10.9 Å². The van der Waals surface area contributed by atoms with Gasteiger partial charge in [-0.15, -0.1) is 0 Å². The predicted octanol–water partition coefficient (Wildman–Crippen LogP) is 4.15. The molecular formula is C20H17N3O2S. The first-order valence-corrected chi connectivity index (χ1v) is 8.96. The molecule has 0 saturated carbocycles. The van der Waals surface area contributed by atoms with E-state index >= 15 is 0 Å². The van der Waals surface area contributed by atoms with Crippen molar-refractivity contribution in [3.63, 3.8) is 0 Å². The zero-order chi connectivity index (χ0) is 18.5. The molecule has 0 radical (unpaired) electrons. The molecule has 1 heterocycles. The molecule has 1 amide bonds. The molecule has 0 unspecified atom stereocenters. The van der Waals surface area contributed by atoms with Gasteiger partial charge in [-0.05, 0) is 43.3 Å². The number of amides is 1. The molecule has 130 valence electrons. The zero-order valence-electron chi connectivity index (χ0n) is 14.4. The SMILES string of the molecule is COc1ccc2nc(SCC(=O)Nc3ccc(C)cc3)c(C#N)cc2c1. The Labute approximate surface area is 156 Å². The lowest BCUT2D eigenvalue weighted by Crippen LogP contribution is -2.14. The first-order valence-electron chi connectivity index (χ1n) is 7.97. The van der Waals surface area contributed by atoms with Crippen LogP contribution in [0.2, 0.25) is 0 Å². The number of carbonyl (C=O) groups is 1. The number of aryl methyl sites for hydroxylation is 1. The molecule has 0 aliphatic heterocycles. The van der Waals surface area contributed by atoms with Gasteiger partial charge in [-0.1, -0.05) is 29.5 Å². The van der Waals surface area contributed by atoms with E-state index in [-0.39, 0.29) is 11.7 Å². The molecule has 0 saturated heterocycles. The van der Waals surface area contributed by atoms with Crippen molar-refractivity contribution in [2.75, 3.05) is 18.2 Å². The Morgan fingerprint density at radius 2 is 2.00 bits per heavy atom. The smallest absolute Gasteiger partial charge is 0.234 e. The van der Waals surface area contributed by atoms with Gasteiger partial charge < -0.3 is 10.1 Å². The topological polar surface area (TPSA) is 75.0 Å². The largest absolute Gasteiger partial charge is 0.497 e. The Morgan fingerprint density at radius 1 is 1.23 bits per heavy atom. The number of nitriles is 1. The average Bonchev–Trinajstić information content (AvgIpc) is 2.66. The highest BCUT2D eigenvalue weighted by Crippen LogP contribution is 2.27. The fourth-order valence-electron chi connectivity index (χ4n) is 2.42. The van der Waals surface area contributed by atoms with Crippen molar-refractivity contribution in [3.8, 4) is 11.8 Å². The predicted molar refractivity (Wildman–Crippen MR) is 104 cm³/mol. The summed E-state index contributed by atoms with van der Waals surface area (Å²) in [4.78, 5) is 16.7. The normalized spacial score (nSPS) is 10.3. The molecule has 26 heavy (non-hydrogen) atoms. The minimum absolute atomic E-state index is 0.139. The molecule has 1 aromatic heterocycles. The van der Waals surface area contributed by atoms with Crippen molar-refractivity contribution >= 4 is 34.3 Å². The highest BCUT2D eigenvalue weighted by molar-refractivity contribution is 8.00. The number of pyridine rings is 1. The van der Waals surface area contributed by atoms with Gasteiger partial charge in [0.2, 0.25) is 5.91 Å². The molecule has 0 spiro atoms. The molecule has 1 N–H and O–H groups in total. The number of ether oxygens (including phenoxy) is 1. The third-order valence-corrected chi connectivity index (χ3v) is 4.77. The number of aromatic nitrogens is 1. The number of nitrogens with one attached hydrogen (secondary N) is 1. The molecule has 0 atom stereocenters. The van der Waals surface area contributed by atoms with Crippen LogP contribution in [0.5, 0.6) is 5.75 Å². The molecule has 0 fully saturated rings. The Kier molecular flexibility index (Phi) is 5.40. The lowest BCUT2D eigenvalue weighted by atomic mass is 10.1. The summed E-state index contributed by atoms with van der Waals surface area (Å²) < 4.78 is 5.20. The Morgan fingerprint density at radius 3 is 2.69 bits per heavy atom. The van der Waals surface area contributed by atoms with Crippen LogP contribution < -0.4 is 10.1 Å².